The standard InChI is InChI=1S/C9H14N2O3/c1-14-9(13)7-3-2-5-4-6(10)8(12)11(5)7/h5-7H,2-4,10H2,1H3/t5-,6+,7+/m1/s1. The Balaban J connectivity index is 2.17. The average Bonchev–Trinajstić information content (AvgIpc) is 2.68. The normalized spacial score (nSPS) is 36.0. The first-order valence-corrected chi connectivity index (χ1v) is 4.80. The maximum absolute atomic E-state index is 11.6. The van der Waals surface area contributed by atoms with Gasteiger partial charge in [0.25, 0.3) is 0 Å². The third-order valence-corrected chi connectivity index (χ3v) is 3.07. The van der Waals surface area contributed by atoms with Crippen molar-refractivity contribution in [3.63, 3.8) is 0 Å². The molecular weight excluding hydrogens is 184 g/mol. The number of ether oxygens (including phenoxy) is 1. The second-order valence-corrected chi connectivity index (χ2v) is 3.86. The molecule has 0 saturated carbocycles. The van der Waals surface area contributed by atoms with Crippen molar-refractivity contribution in [1.82, 2.24) is 4.90 Å². The van der Waals surface area contributed by atoms with Gasteiger partial charge in [-0.05, 0) is 19.3 Å². The summed E-state index contributed by atoms with van der Waals surface area (Å²) < 4.78 is 4.65. The first kappa shape index (κ1) is 9.45. The van der Waals surface area contributed by atoms with Crippen molar-refractivity contribution >= 4 is 11.9 Å². The van der Waals surface area contributed by atoms with Crippen LogP contribution in [0.3, 0.4) is 0 Å². The monoisotopic (exact) mass is 198 g/mol. The van der Waals surface area contributed by atoms with Gasteiger partial charge in [0.1, 0.15) is 6.04 Å². The predicted molar refractivity (Wildman–Crippen MR) is 48.3 cm³/mol. The van der Waals surface area contributed by atoms with Gasteiger partial charge in [-0.25, -0.2) is 4.79 Å². The Bertz CT molecular complexity index is 279. The topological polar surface area (TPSA) is 72.6 Å². The van der Waals surface area contributed by atoms with Gasteiger partial charge in [0.15, 0.2) is 0 Å². The Hall–Kier alpha value is -1.10. The largest absolute Gasteiger partial charge is 0.467 e. The van der Waals surface area contributed by atoms with Gasteiger partial charge in [0.05, 0.1) is 13.2 Å². The third-order valence-electron chi connectivity index (χ3n) is 3.07. The third kappa shape index (κ3) is 1.19. The zero-order valence-corrected chi connectivity index (χ0v) is 8.10. The Labute approximate surface area is 82.2 Å². The Kier molecular flexibility index (Phi) is 2.19. The van der Waals surface area contributed by atoms with E-state index in [1.54, 1.807) is 4.90 Å². The number of carbonyl (C=O) groups excluding carboxylic acids is 2. The molecule has 0 unspecified atom stereocenters. The molecule has 0 aromatic rings. The van der Waals surface area contributed by atoms with Crippen molar-refractivity contribution < 1.29 is 14.3 Å². The summed E-state index contributed by atoms with van der Waals surface area (Å²) >= 11 is 0. The highest BCUT2D eigenvalue weighted by Gasteiger charge is 2.48. The first-order chi connectivity index (χ1) is 6.65. The molecule has 0 radical (unpaired) electrons. The van der Waals surface area contributed by atoms with Gasteiger partial charge in [-0.15, -0.1) is 0 Å². The molecule has 0 aromatic carbocycles. The maximum Gasteiger partial charge on any atom is 0.328 e. The average molecular weight is 198 g/mol. The number of fused-ring (bicyclic) bond motifs is 1. The van der Waals surface area contributed by atoms with Crippen LogP contribution in [0, 0.1) is 0 Å². The maximum atomic E-state index is 11.6. The van der Waals surface area contributed by atoms with Gasteiger partial charge >= 0.3 is 5.97 Å². The number of hydrogen-bond donors (Lipinski definition) is 1. The van der Waals surface area contributed by atoms with Gasteiger partial charge in [-0.2, -0.15) is 0 Å². The summed E-state index contributed by atoms with van der Waals surface area (Å²) in [7, 11) is 1.34. The van der Waals surface area contributed by atoms with E-state index in [4.69, 9.17) is 5.73 Å². The molecular formula is C9H14N2O3. The van der Waals surface area contributed by atoms with Crippen LogP contribution in [-0.4, -0.2) is 42.0 Å². The van der Waals surface area contributed by atoms with Crippen LogP contribution in [-0.2, 0) is 14.3 Å². The molecule has 14 heavy (non-hydrogen) atoms. The van der Waals surface area contributed by atoms with Crippen LogP contribution in [0.25, 0.3) is 0 Å². The van der Waals surface area contributed by atoms with Crippen LogP contribution >= 0.6 is 0 Å². The van der Waals surface area contributed by atoms with E-state index in [0.29, 0.717) is 12.8 Å². The van der Waals surface area contributed by atoms with E-state index in [2.05, 4.69) is 4.74 Å². The van der Waals surface area contributed by atoms with Crippen molar-refractivity contribution in [3.8, 4) is 0 Å². The highest BCUT2D eigenvalue weighted by Crippen LogP contribution is 2.33. The van der Waals surface area contributed by atoms with E-state index in [0.717, 1.165) is 6.42 Å². The summed E-state index contributed by atoms with van der Waals surface area (Å²) in [6.45, 7) is 0. The number of hydrogen-bond acceptors (Lipinski definition) is 4. The molecule has 1 amide bonds. The second kappa shape index (κ2) is 3.24. The van der Waals surface area contributed by atoms with E-state index in [1.807, 2.05) is 0 Å². The fourth-order valence-electron chi connectivity index (χ4n) is 2.40. The molecule has 5 heteroatoms. The quantitative estimate of drug-likeness (QED) is 0.563. The number of nitrogens with zero attached hydrogens (tertiary/aromatic N) is 1. The Morgan fingerprint density at radius 1 is 1.57 bits per heavy atom. The van der Waals surface area contributed by atoms with Gasteiger partial charge in [0.2, 0.25) is 5.91 Å². The fraction of sp³-hybridized carbons (Fsp3) is 0.778. The summed E-state index contributed by atoms with van der Waals surface area (Å²) in [5.41, 5.74) is 5.63. The molecule has 0 aliphatic carbocycles. The van der Waals surface area contributed by atoms with E-state index < -0.39 is 12.1 Å². The molecule has 2 saturated heterocycles. The van der Waals surface area contributed by atoms with Gasteiger partial charge in [-0.3, -0.25) is 4.79 Å². The fourth-order valence-corrected chi connectivity index (χ4v) is 2.40. The summed E-state index contributed by atoms with van der Waals surface area (Å²) in [4.78, 5) is 24.6. The number of carbonyl (C=O) groups is 2. The van der Waals surface area contributed by atoms with Crippen LogP contribution < -0.4 is 5.73 Å². The van der Waals surface area contributed by atoms with Gasteiger partial charge in [0, 0.05) is 6.04 Å². The minimum Gasteiger partial charge on any atom is -0.467 e. The summed E-state index contributed by atoms with van der Waals surface area (Å²) in [5, 5.41) is 0. The van der Waals surface area contributed by atoms with E-state index in [1.165, 1.54) is 7.11 Å². The summed E-state index contributed by atoms with van der Waals surface area (Å²) in [5.74, 6) is -0.433. The molecule has 0 spiro atoms. The van der Waals surface area contributed by atoms with Crippen molar-refractivity contribution in [2.75, 3.05) is 7.11 Å². The van der Waals surface area contributed by atoms with Gasteiger partial charge in [-0.1, -0.05) is 0 Å². The van der Waals surface area contributed by atoms with Crippen LogP contribution in [0.15, 0.2) is 0 Å². The highest BCUT2D eigenvalue weighted by atomic mass is 16.5. The minimum absolute atomic E-state index is 0.108. The number of nitrogens with two attached hydrogens (primary N) is 1. The molecule has 3 atom stereocenters. The zero-order chi connectivity index (χ0) is 10.3. The predicted octanol–water partition coefficient (Wildman–Crippen LogP) is -0.750. The van der Waals surface area contributed by atoms with E-state index in [9.17, 15) is 9.59 Å². The molecule has 78 valence electrons. The molecule has 2 N–H and O–H groups in total. The molecule has 5 nitrogen and oxygen atoms in total. The highest BCUT2D eigenvalue weighted by molar-refractivity contribution is 5.90. The van der Waals surface area contributed by atoms with Crippen LogP contribution in [0.1, 0.15) is 19.3 Å². The van der Waals surface area contributed by atoms with Crippen LogP contribution in [0.4, 0.5) is 0 Å². The first-order valence-electron chi connectivity index (χ1n) is 4.80. The van der Waals surface area contributed by atoms with Crippen molar-refractivity contribution in [1.29, 1.82) is 0 Å². The lowest BCUT2D eigenvalue weighted by molar-refractivity contribution is -0.150. The number of amides is 1. The lowest BCUT2D eigenvalue weighted by Crippen LogP contribution is -2.43. The molecule has 2 heterocycles. The van der Waals surface area contributed by atoms with Crippen molar-refractivity contribution in [2.24, 2.45) is 5.73 Å². The molecule has 0 bridgehead atoms. The van der Waals surface area contributed by atoms with E-state index >= 15 is 0 Å². The smallest absolute Gasteiger partial charge is 0.328 e. The van der Waals surface area contributed by atoms with Crippen LogP contribution in [0.5, 0.6) is 0 Å². The lowest BCUT2D eigenvalue weighted by atomic mass is 10.1. The Morgan fingerprint density at radius 3 is 2.93 bits per heavy atom. The minimum atomic E-state index is -0.424. The van der Waals surface area contributed by atoms with Crippen molar-refractivity contribution in [2.45, 2.75) is 37.4 Å². The molecule has 2 rings (SSSR count). The summed E-state index contributed by atoms with van der Waals surface area (Å²) in [6, 6.07) is -0.667. The number of methoxy groups -OCH3 is 1. The SMILES string of the molecule is COC(=O)[C@@H]1CC[C@@H]2C[C@H](N)C(=O)N21. The van der Waals surface area contributed by atoms with Gasteiger partial charge < -0.3 is 15.4 Å². The second-order valence-electron chi connectivity index (χ2n) is 3.86. The molecule has 2 fully saturated rings. The van der Waals surface area contributed by atoms with E-state index in [-0.39, 0.29) is 17.9 Å². The summed E-state index contributed by atoms with van der Waals surface area (Å²) in [6.07, 6.45) is 2.24. The van der Waals surface area contributed by atoms with Crippen LogP contribution in [0.2, 0.25) is 0 Å². The van der Waals surface area contributed by atoms with Crippen molar-refractivity contribution in [3.05, 3.63) is 0 Å². The lowest BCUT2D eigenvalue weighted by Gasteiger charge is -2.21. The molecule has 2 aliphatic rings. The Morgan fingerprint density at radius 2 is 2.29 bits per heavy atom. The number of rotatable bonds is 1. The molecule has 2 aliphatic heterocycles. The zero-order valence-electron chi connectivity index (χ0n) is 8.10. The molecule has 0 aromatic heterocycles. The number of esters is 1.